The number of amides is 1. The molecule has 0 aliphatic carbocycles. The van der Waals surface area contributed by atoms with Crippen LogP contribution in [0.1, 0.15) is 11.1 Å². The predicted molar refractivity (Wildman–Crippen MR) is 151 cm³/mol. The van der Waals surface area contributed by atoms with Gasteiger partial charge in [-0.15, -0.1) is 0 Å². The summed E-state index contributed by atoms with van der Waals surface area (Å²) >= 11 is 10.1. The van der Waals surface area contributed by atoms with Crippen molar-refractivity contribution in [3.8, 4) is 5.75 Å². The first-order valence-corrected chi connectivity index (χ1v) is 12.8. The molecule has 6 nitrogen and oxygen atoms in total. The minimum absolute atomic E-state index is 0.110. The van der Waals surface area contributed by atoms with E-state index in [1.165, 1.54) is 23.1 Å². The summed E-state index contributed by atoms with van der Waals surface area (Å²) in [6.45, 7) is 0.360. The smallest absolute Gasteiger partial charge is 0.271 e. The maximum atomic E-state index is 13.3. The fourth-order valence-electron chi connectivity index (χ4n) is 3.91. The molecule has 1 heterocycles. The lowest BCUT2D eigenvalue weighted by Crippen LogP contribution is -2.27. The zero-order valence-electron chi connectivity index (χ0n) is 18.6. The third-order valence-electron chi connectivity index (χ3n) is 5.61. The summed E-state index contributed by atoms with van der Waals surface area (Å²) in [7, 11) is 0. The fraction of sp³-hybridized carbons (Fsp3) is 0.0370. The molecule has 1 aliphatic heterocycles. The third kappa shape index (κ3) is 4.90. The molecule has 0 atom stereocenters. The van der Waals surface area contributed by atoms with Crippen molar-refractivity contribution >= 4 is 78.4 Å². The van der Waals surface area contributed by atoms with Gasteiger partial charge in [-0.3, -0.25) is 19.8 Å². The van der Waals surface area contributed by atoms with Crippen molar-refractivity contribution in [2.24, 2.45) is 0 Å². The molecule has 5 rings (SSSR count). The Labute approximate surface area is 224 Å². The van der Waals surface area contributed by atoms with Crippen molar-refractivity contribution in [3.05, 3.63) is 116 Å². The highest BCUT2D eigenvalue weighted by Gasteiger charge is 2.34. The van der Waals surface area contributed by atoms with Gasteiger partial charge in [0.25, 0.3) is 11.6 Å². The summed E-state index contributed by atoms with van der Waals surface area (Å²) in [5.74, 6) is 0.275. The number of nitrogens with zero attached hydrogens (tertiary/aromatic N) is 2. The van der Waals surface area contributed by atoms with E-state index in [0.717, 1.165) is 32.6 Å². The van der Waals surface area contributed by atoms with E-state index < -0.39 is 4.92 Å². The molecule has 0 bridgehead atoms. The van der Waals surface area contributed by atoms with Gasteiger partial charge in [0.1, 0.15) is 12.4 Å². The molecule has 4 aromatic rings. The SMILES string of the molecule is O=C1/C(=C\c2cc(Br)ccc2OCc2cccc3ccccc23)SC(=S)N1c1cccc([N+](=O)[O-])c1. The Morgan fingerprint density at radius 1 is 1.03 bits per heavy atom. The average Bonchev–Trinajstić information content (AvgIpc) is 3.16. The number of non-ortho nitro benzene ring substituents is 1. The Balaban J connectivity index is 1.43. The molecule has 0 aromatic heterocycles. The van der Waals surface area contributed by atoms with E-state index in [4.69, 9.17) is 17.0 Å². The number of ether oxygens (including phenoxy) is 1. The number of thioether (sulfide) groups is 1. The van der Waals surface area contributed by atoms with Gasteiger partial charge in [-0.2, -0.15) is 0 Å². The normalized spacial score (nSPS) is 14.6. The van der Waals surface area contributed by atoms with Crippen LogP contribution in [0.5, 0.6) is 5.75 Å². The molecular formula is C27H17BrN2O4S2. The van der Waals surface area contributed by atoms with Crippen molar-refractivity contribution in [1.82, 2.24) is 0 Å². The highest BCUT2D eigenvalue weighted by molar-refractivity contribution is 9.10. The number of nitro benzene ring substituents is 1. The Morgan fingerprint density at radius 2 is 1.81 bits per heavy atom. The molecule has 9 heteroatoms. The van der Waals surface area contributed by atoms with Crippen LogP contribution in [0.15, 0.2) is 94.3 Å². The molecule has 4 aromatic carbocycles. The lowest BCUT2D eigenvalue weighted by Gasteiger charge is -2.14. The van der Waals surface area contributed by atoms with Gasteiger partial charge in [-0.05, 0) is 46.7 Å². The first kappa shape index (κ1) is 24.2. The summed E-state index contributed by atoms with van der Waals surface area (Å²) in [6, 6.07) is 25.7. The molecule has 1 fully saturated rings. The molecule has 0 N–H and O–H groups in total. The number of hydrogen-bond acceptors (Lipinski definition) is 6. The number of thiocarbonyl (C=S) groups is 1. The monoisotopic (exact) mass is 576 g/mol. The lowest BCUT2D eigenvalue weighted by atomic mass is 10.1. The molecule has 0 unspecified atom stereocenters. The topological polar surface area (TPSA) is 72.7 Å². The summed E-state index contributed by atoms with van der Waals surface area (Å²) in [5, 5.41) is 13.4. The zero-order chi connectivity index (χ0) is 25.2. The number of benzene rings is 4. The van der Waals surface area contributed by atoms with Crippen molar-refractivity contribution < 1.29 is 14.5 Å². The average molecular weight is 577 g/mol. The van der Waals surface area contributed by atoms with Gasteiger partial charge in [0.15, 0.2) is 4.32 Å². The Hall–Kier alpha value is -3.53. The quantitative estimate of drug-likeness (QED) is 0.102. The van der Waals surface area contributed by atoms with Gasteiger partial charge in [-0.25, -0.2) is 0 Å². The maximum absolute atomic E-state index is 13.3. The van der Waals surface area contributed by atoms with E-state index in [-0.39, 0.29) is 11.6 Å². The number of nitro groups is 1. The molecule has 0 spiro atoms. The minimum Gasteiger partial charge on any atom is -0.488 e. The molecule has 36 heavy (non-hydrogen) atoms. The number of carbonyl (C=O) groups is 1. The highest BCUT2D eigenvalue weighted by Crippen LogP contribution is 2.38. The van der Waals surface area contributed by atoms with Gasteiger partial charge >= 0.3 is 0 Å². The number of halogens is 1. The molecular weight excluding hydrogens is 560 g/mol. The number of anilines is 1. The van der Waals surface area contributed by atoms with Gasteiger partial charge in [-0.1, -0.05) is 88.4 Å². The van der Waals surface area contributed by atoms with Gasteiger partial charge in [0.2, 0.25) is 0 Å². The molecule has 0 saturated carbocycles. The van der Waals surface area contributed by atoms with Crippen LogP contribution in [0.4, 0.5) is 11.4 Å². The van der Waals surface area contributed by atoms with Gasteiger partial charge in [0, 0.05) is 22.2 Å². The van der Waals surface area contributed by atoms with E-state index in [2.05, 4.69) is 34.1 Å². The van der Waals surface area contributed by atoms with E-state index in [1.54, 1.807) is 12.1 Å². The van der Waals surface area contributed by atoms with Gasteiger partial charge < -0.3 is 4.74 Å². The zero-order valence-corrected chi connectivity index (χ0v) is 21.8. The van der Waals surface area contributed by atoms with Crippen LogP contribution in [0, 0.1) is 10.1 Å². The molecule has 0 radical (unpaired) electrons. The van der Waals surface area contributed by atoms with Crippen LogP contribution in [0.25, 0.3) is 16.8 Å². The minimum atomic E-state index is -0.502. The van der Waals surface area contributed by atoms with Crippen LogP contribution < -0.4 is 9.64 Å². The summed E-state index contributed by atoms with van der Waals surface area (Å²) in [4.78, 5) is 25.6. The second-order valence-electron chi connectivity index (χ2n) is 7.90. The summed E-state index contributed by atoms with van der Waals surface area (Å²) < 4.78 is 7.34. The largest absolute Gasteiger partial charge is 0.488 e. The first-order valence-electron chi connectivity index (χ1n) is 10.8. The van der Waals surface area contributed by atoms with Crippen molar-refractivity contribution in [2.45, 2.75) is 6.61 Å². The van der Waals surface area contributed by atoms with E-state index >= 15 is 0 Å². The fourth-order valence-corrected chi connectivity index (χ4v) is 5.58. The predicted octanol–water partition coefficient (Wildman–Crippen LogP) is 7.50. The summed E-state index contributed by atoms with van der Waals surface area (Å²) in [6.07, 6.45) is 1.74. The second-order valence-corrected chi connectivity index (χ2v) is 10.5. The van der Waals surface area contributed by atoms with Crippen LogP contribution in [-0.2, 0) is 11.4 Å². The van der Waals surface area contributed by atoms with Crippen LogP contribution >= 0.6 is 39.9 Å². The molecule has 1 amide bonds. The van der Waals surface area contributed by atoms with Gasteiger partial charge in [0.05, 0.1) is 15.5 Å². The Morgan fingerprint density at radius 3 is 2.64 bits per heavy atom. The maximum Gasteiger partial charge on any atom is 0.271 e. The van der Waals surface area contributed by atoms with Crippen molar-refractivity contribution in [3.63, 3.8) is 0 Å². The standard InChI is InChI=1S/C27H17BrN2O4S2/c28-20-11-12-24(34-16-18-7-3-6-17-5-1-2-10-23(17)18)19(13-20)14-25-26(31)29(27(35)36-25)21-8-4-9-22(15-21)30(32)33/h1-15H,16H2/b25-14+. The van der Waals surface area contributed by atoms with Crippen LogP contribution in [0.3, 0.4) is 0 Å². The second kappa shape index (κ2) is 10.2. The number of fused-ring (bicyclic) bond motifs is 1. The molecule has 1 saturated heterocycles. The first-order chi connectivity index (χ1) is 17.4. The highest BCUT2D eigenvalue weighted by atomic mass is 79.9. The third-order valence-corrected chi connectivity index (χ3v) is 7.41. The van der Waals surface area contributed by atoms with Crippen molar-refractivity contribution in [1.29, 1.82) is 0 Å². The van der Waals surface area contributed by atoms with E-state index in [9.17, 15) is 14.9 Å². The number of hydrogen-bond donors (Lipinski definition) is 0. The summed E-state index contributed by atoms with van der Waals surface area (Å²) in [5.41, 5.74) is 2.02. The lowest BCUT2D eigenvalue weighted by molar-refractivity contribution is -0.384. The van der Waals surface area contributed by atoms with Crippen LogP contribution in [-0.4, -0.2) is 15.2 Å². The van der Waals surface area contributed by atoms with Crippen molar-refractivity contribution in [2.75, 3.05) is 4.90 Å². The Bertz CT molecular complexity index is 1570. The number of carbonyl (C=O) groups excluding carboxylic acids is 1. The van der Waals surface area contributed by atoms with E-state index in [1.807, 2.05) is 42.5 Å². The molecule has 1 aliphatic rings. The Kier molecular flexibility index (Phi) is 6.86. The number of rotatable bonds is 6. The molecule has 178 valence electrons. The van der Waals surface area contributed by atoms with Crippen LogP contribution in [0.2, 0.25) is 0 Å². The van der Waals surface area contributed by atoms with E-state index in [0.29, 0.717) is 32.8 Å².